The molecule has 0 saturated carbocycles. The van der Waals surface area contributed by atoms with Crippen LogP contribution < -0.4 is 4.74 Å². The van der Waals surface area contributed by atoms with Crippen molar-refractivity contribution in [2.24, 2.45) is 0 Å². The first-order valence-corrected chi connectivity index (χ1v) is 5.98. The Balaban J connectivity index is 2.43. The lowest BCUT2D eigenvalue weighted by atomic mass is 10.0. The molecule has 104 valence electrons. The number of alkyl halides is 3. The number of hydrogen-bond acceptors (Lipinski definition) is 1. The van der Waals surface area contributed by atoms with Crippen molar-refractivity contribution in [1.29, 1.82) is 0 Å². The van der Waals surface area contributed by atoms with Gasteiger partial charge in [-0.1, -0.05) is 54.6 Å². The van der Waals surface area contributed by atoms with E-state index in [0.717, 1.165) is 11.1 Å². The van der Waals surface area contributed by atoms with Crippen LogP contribution in [-0.4, -0.2) is 6.36 Å². The quantitative estimate of drug-likeness (QED) is 0.749. The fraction of sp³-hybridized carbons (Fsp3) is 0.125. The molecule has 0 bridgehead atoms. The zero-order valence-corrected chi connectivity index (χ0v) is 10.9. The van der Waals surface area contributed by atoms with E-state index in [1.165, 1.54) is 12.1 Å². The highest BCUT2D eigenvalue weighted by molar-refractivity contribution is 5.69. The number of ether oxygens (including phenoxy) is 1. The van der Waals surface area contributed by atoms with Gasteiger partial charge in [0, 0.05) is 5.56 Å². The molecule has 0 saturated heterocycles. The van der Waals surface area contributed by atoms with E-state index >= 15 is 0 Å². The Kier molecular flexibility index (Phi) is 3.84. The summed E-state index contributed by atoms with van der Waals surface area (Å²) in [5, 5.41) is 0. The van der Waals surface area contributed by atoms with Gasteiger partial charge in [0.2, 0.25) is 0 Å². The Bertz CT molecular complexity index is 613. The fourth-order valence-electron chi connectivity index (χ4n) is 1.84. The molecular formula is C16H13F3O. The van der Waals surface area contributed by atoms with Crippen molar-refractivity contribution in [1.82, 2.24) is 0 Å². The Morgan fingerprint density at radius 1 is 1.00 bits per heavy atom. The summed E-state index contributed by atoms with van der Waals surface area (Å²) < 4.78 is 41.2. The molecule has 0 unspecified atom stereocenters. The highest BCUT2D eigenvalue weighted by Gasteiger charge is 2.32. The first-order valence-electron chi connectivity index (χ1n) is 5.98. The molecule has 2 aromatic carbocycles. The molecule has 0 heterocycles. The summed E-state index contributed by atoms with van der Waals surface area (Å²) in [6, 6.07) is 12.2. The maximum absolute atomic E-state index is 12.4. The van der Waals surface area contributed by atoms with Crippen LogP contribution in [0.5, 0.6) is 5.75 Å². The Morgan fingerprint density at radius 2 is 1.60 bits per heavy atom. The molecule has 0 aliphatic heterocycles. The molecule has 0 amide bonds. The van der Waals surface area contributed by atoms with E-state index in [9.17, 15) is 13.2 Å². The molecule has 0 aliphatic rings. The van der Waals surface area contributed by atoms with Gasteiger partial charge in [-0.15, -0.1) is 13.2 Å². The van der Waals surface area contributed by atoms with Crippen LogP contribution in [0.3, 0.4) is 0 Å². The summed E-state index contributed by atoms with van der Waals surface area (Å²) in [4.78, 5) is 0. The number of halogens is 3. The van der Waals surface area contributed by atoms with Crippen molar-refractivity contribution in [3.8, 4) is 16.9 Å². The second kappa shape index (κ2) is 5.41. The molecule has 0 aromatic heterocycles. The zero-order chi connectivity index (χ0) is 14.8. The van der Waals surface area contributed by atoms with Crippen molar-refractivity contribution in [3.05, 3.63) is 60.2 Å². The average molecular weight is 278 g/mol. The number of aryl methyl sites for hydroxylation is 1. The van der Waals surface area contributed by atoms with E-state index in [1.807, 2.05) is 31.2 Å². The van der Waals surface area contributed by atoms with E-state index < -0.39 is 6.36 Å². The van der Waals surface area contributed by atoms with Gasteiger partial charge in [0.15, 0.2) is 0 Å². The van der Waals surface area contributed by atoms with Gasteiger partial charge in [0.05, 0.1) is 0 Å². The predicted molar refractivity (Wildman–Crippen MR) is 73.4 cm³/mol. The minimum absolute atomic E-state index is 0.245. The summed E-state index contributed by atoms with van der Waals surface area (Å²) >= 11 is 0. The maximum Gasteiger partial charge on any atom is 0.573 e. The van der Waals surface area contributed by atoms with E-state index in [0.29, 0.717) is 11.1 Å². The normalized spacial score (nSPS) is 11.2. The third-order valence-electron chi connectivity index (χ3n) is 2.84. The highest BCUT2D eigenvalue weighted by atomic mass is 19.4. The lowest BCUT2D eigenvalue weighted by Gasteiger charge is -2.13. The van der Waals surface area contributed by atoms with Crippen LogP contribution in [0, 0.1) is 6.92 Å². The summed E-state index contributed by atoms with van der Waals surface area (Å²) in [7, 11) is 0. The van der Waals surface area contributed by atoms with Gasteiger partial charge in [0.1, 0.15) is 5.75 Å². The summed E-state index contributed by atoms with van der Waals surface area (Å²) in [5.41, 5.74) is 2.88. The summed E-state index contributed by atoms with van der Waals surface area (Å²) in [5.74, 6) is -0.245. The molecule has 0 aliphatic carbocycles. The smallest absolute Gasteiger partial charge is 0.405 e. The van der Waals surface area contributed by atoms with Crippen molar-refractivity contribution in [3.63, 3.8) is 0 Å². The molecule has 0 radical (unpaired) electrons. The number of benzene rings is 2. The molecular weight excluding hydrogens is 265 g/mol. The fourth-order valence-corrected chi connectivity index (χ4v) is 1.84. The van der Waals surface area contributed by atoms with Crippen molar-refractivity contribution < 1.29 is 17.9 Å². The lowest BCUT2D eigenvalue weighted by Crippen LogP contribution is -2.17. The minimum atomic E-state index is -4.72. The average Bonchev–Trinajstić information content (AvgIpc) is 2.37. The predicted octanol–water partition coefficient (Wildman–Crippen LogP) is 5.20. The molecule has 4 heteroatoms. The molecule has 2 aromatic rings. The van der Waals surface area contributed by atoms with Gasteiger partial charge in [-0.25, -0.2) is 0 Å². The van der Waals surface area contributed by atoms with Crippen molar-refractivity contribution in [2.45, 2.75) is 13.3 Å². The van der Waals surface area contributed by atoms with Crippen LogP contribution in [0.2, 0.25) is 0 Å². The second-order valence-corrected chi connectivity index (χ2v) is 4.37. The van der Waals surface area contributed by atoms with Crippen LogP contribution in [0.15, 0.2) is 49.0 Å². The van der Waals surface area contributed by atoms with Crippen LogP contribution in [0.1, 0.15) is 11.1 Å². The first kappa shape index (κ1) is 14.2. The zero-order valence-electron chi connectivity index (χ0n) is 10.9. The van der Waals surface area contributed by atoms with Gasteiger partial charge in [-0.05, 0) is 24.1 Å². The van der Waals surface area contributed by atoms with Gasteiger partial charge < -0.3 is 4.74 Å². The third-order valence-corrected chi connectivity index (χ3v) is 2.84. The van der Waals surface area contributed by atoms with E-state index in [-0.39, 0.29) is 5.75 Å². The Hall–Kier alpha value is -2.23. The van der Waals surface area contributed by atoms with E-state index in [1.54, 1.807) is 12.1 Å². The van der Waals surface area contributed by atoms with Crippen LogP contribution >= 0.6 is 0 Å². The molecule has 0 spiro atoms. The third kappa shape index (κ3) is 3.41. The monoisotopic (exact) mass is 278 g/mol. The topological polar surface area (TPSA) is 9.23 Å². The standard InChI is InChI=1S/C16H13F3O/c1-3-12-8-9-14(10-15(12)20-16(17,18)19)13-6-4-11(2)5-7-13/h3-10H,1H2,2H3. The minimum Gasteiger partial charge on any atom is -0.405 e. The first-order chi connectivity index (χ1) is 9.39. The summed E-state index contributed by atoms with van der Waals surface area (Å²) in [6.07, 6.45) is -3.39. The highest BCUT2D eigenvalue weighted by Crippen LogP contribution is 2.32. The maximum atomic E-state index is 12.4. The summed E-state index contributed by atoms with van der Waals surface area (Å²) in [6.45, 7) is 5.44. The number of rotatable bonds is 3. The molecule has 0 atom stereocenters. The Labute approximate surface area is 115 Å². The second-order valence-electron chi connectivity index (χ2n) is 4.37. The van der Waals surface area contributed by atoms with Crippen LogP contribution in [0.25, 0.3) is 17.2 Å². The molecule has 2 rings (SSSR count). The molecule has 1 nitrogen and oxygen atoms in total. The van der Waals surface area contributed by atoms with Gasteiger partial charge in [-0.3, -0.25) is 0 Å². The largest absolute Gasteiger partial charge is 0.573 e. The lowest BCUT2D eigenvalue weighted by molar-refractivity contribution is -0.274. The Morgan fingerprint density at radius 3 is 2.15 bits per heavy atom. The van der Waals surface area contributed by atoms with Gasteiger partial charge in [-0.2, -0.15) is 0 Å². The van der Waals surface area contributed by atoms with Crippen molar-refractivity contribution >= 4 is 6.08 Å². The van der Waals surface area contributed by atoms with Crippen molar-refractivity contribution in [2.75, 3.05) is 0 Å². The molecule has 0 N–H and O–H groups in total. The molecule has 20 heavy (non-hydrogen) atoms. The van der Waals surface area contributed by atoms with Crippen LogP contribution in [-0.2, 0) is 0 Å². The van der Waals surface area contributed by atoms with Crippen LogP contribution in [0.4, 0.5) is 13.2 Å². The van der Waals surface area contributed by atoms with Gasteiger partial charge >= 0.3 is 6.36 Å². The van der Waals surface area contributed by atoms with Gasteiger partial charge in [0.25, 0.3) is 0 Å². The molecule has 0 fully saturated rings. The number of hydrogen-bond donors (Lipinski definition) is 0. The SMILES string of the molecule is C=Cc1ccc(-c2ccc(C)cc2)cc1OC(F)(F)F. The van der Waals surface area contributed by atoms with E-state index in [4.69, 9.17) is 0 Å². The van der Waals surface area contributed by atoms with E-state index in [2.05, 4.69) is 11.3 Å².